The fourth-order valence-electron chi connectivity index (χ4n) is 5.28. The van der Waals surface area contributed by atoms with Crippen LogP contribution >= 0.6 is 11.8 Å². The van der Waals surface area contributed by atoms with E-state index in [2.05, 4.69) is 11.4 Å². The van der Waals surface area contributed by atoms with E-state index in [0.29, 0.717) is 17.7 Å². The number of benzene rings is 2. The van der Waals surface area contributed by atoms with Crippen molar-refractivity contribution in [2.45, 2.75) is 70.8 Å². The van der Waals surface area contributed by atoms with Gasteiger partial charge in [-0.1, -0.05) is 74.9 Å². The normalized spacial score (nSPS) is 15.4. The molecule has 3 N–H and O–H groups in total. The van der Waals surface area contributed by atoms with E-state index in [9.17, 15) is 19.8 Å². The van der Waals surface area contributed by atoms with Gasteiger partial charge in [0.25, 0.3) is 5.91 Å². The zero-order valence-corrected chi connectivity index (χ0v) is 23.5. The number of carbonyl (C=O) groups is 2. The topological polar surface area (TPSA) is 86.6 Å². The smallest absolute Gasteiger partial charge is 0.480 e. The largest absolute Gasteiger partial charge is 1.00 e. The monoisotopic (exact) mass is 518 g/mol. The number of aliphatic hydroxyl groups excluding tert-OH is 1. The van der Waals surface area contributed by atoms with Gasteiger partial charge in [0.05, 0.1) is 0 Å². The molecule has 37 heavy (non-hydrogen) atoms. The molecule has 0 radical (unpaired) electrons. The summed E-state index contributed by atoms with van der Waals surface area (Å²) < 4.78 is 0. The van der Waals surface area contributed by atoms with Crippen LogP contribution in [0.2, 0.25) is 0 Å². The van der Waals surface area contributed by atoms with E-state index in [4.69, 9.17) is 0 Å². The minimum Gasteiger partial charge on any atom is -0.480 e. The van der Waals surface area contributed by atoms with Gasteiger partial charge in [0.1, 0.15) is 6.04 Å². The van der Waals surface area contributed by atoms with Gasteiger partial charge in [-0.25, -0.2) is 4.79 Å². The second-order valence-electron chi connectivity index (χ2n) is 10.2. The Kier molecular flexibility index (Phi) is 13.9. The minimum absolute atomic E-state index is 0. The van der Waals surface area contributed by atoms with Crippen LogP contribution in [0.4, 0.5) is 0 Å². The van der Waals surface area contributed by atoms with Crippen molar-refractivity contribution in [2.24, 2.45) is 11.8 Å². The van der Waals surface area contributed by atoms with Crippen molar-refractivity contribution in [1.82, 2.24) is 5.32 Å². The summed E-state index contributed by atoms with van der Waals surface area (Å²) in [6.07, 6.45) is 11.9. The number of carbonyl (C=O) groups excluding carboxylic acids is 1. The van der Waals surface area contributed by atoms with Crippen LogP contribution < -0.4 is 24.2 Å². The maximum absolute atomic E-state index is 13.3. The molecule has 1 aliphatic rings. The molecule has 3 rings (SSSR count). The van der Waals surface area contributed by atoms with Crippen molar-refractivity contribution in [3.05, 3.63) is 59.2 Å². The Labute approximate surface area is 238 Å². The summed E-state index contributed by atoms with van der Waals surface area (Å²) in [5, 5.41) is 22.4. The maximum atomic E-state index is 13.3. The average molecular weight is 519 g/mol. The predicted octanol–water partition coefficient (Wildman–Crippen LogP) is 3.11. The standard InChI is InChI=1S/C30H41NO4S.Li/c1-21-8-6-7-11-25(21)27-19-23(18-24(20-32)13-12-22-9-4-3-5-10-22)14-15-26(27)29(33)31-28(30(34)35)16-17-36-2;/h6-8,11,14-15,19,22,24,28,32H,3-5,9-10,12-13,16-18,20H2,1-2H3,(H,31,33)(H,34,35);/q;+1. The molecule has 0 bridgehead atoms. The van der Waals surface area contributed by atoms with Gasteiger partial charge in [-0.05, 0) is 78.4 Å². The van der Waals surface area contributed by atoms with Crippen LogP contribution in [0.5, 0.6) is 0 Å². The third-order valence-corrected chi connectivity index (χ3v) is 8.11. The first-order chi connectivity index (χ1) is 17.4. The number of aryl methyl sites for hydroxylation is 1. The number of carboxylic acids is 1. The molecular weight excluding hydrogens is 477 g/mol. The number of amides is 1. The van der Waals surface area contributed by atoms with E-state index < -0.39 is 12.0 Å². The second kappa shape index (κ2) is 16.3. The SMILES string of the molecule is CSCCC(NC(=O)c1ccc(CC(CO)CCC2CCCCC2)cc1-c1ccccc1C)C(=O)O.[Li+]. The molecule has 2 atom stereocenters. The molecule has 5 nitrogen and oxygen atoms in total. The zero-order valence-electron chi connectivity index (χ0n) is 22.7. The predicted molar refractivity (Wildman–Crippen MR) is 149 cm³/mol. The molecule has 0 heterocycles. The first-order valence-electron chi connectivity index (χ1n) is 13.2. The van der Waals surface area contributed by atoms with Crippen LogP contribution in [0.1, 0.15) is 72.9 Å². The van der Waals surface area contributed by atoms with Gasteiger partial charge in [-0.2, -0.15) is 11.8 Å². The quantitative estimate of drug-likeness (QED) is 0.355. The van der Waals surface area contributed by atoms with E-state index in [1.807, 2.05) is 49.6 Å². The first kappa shape index (κ1) is 31.5. The maximum Gasteiger partial charge on any atom is 1.00 e. The molecule has 196 valence electrons. The van der Waals surface area contributed by atoms with Gasteiger partial charge in [0, 0.05) is 12.2 Å². The fraction of sp³-hybridized carbons (Fsp3) is 0.533. The van der Waals surface area contributed by atoms with Crippen LogP contribution in [0.3, 0.4) is 0 Å². The average Bonchev–Trinajstić information content (AvgIpc) is 2.89. The molecule has 1 aliphatic carbocycles. The number of aliphatic hydroxyl groups is 1. The van der Waals surface area contributed by atoms with Crippen LogP contribution in [-0.2, 0) is 11.2 Å². The van der Waals surface area contributed by atoms with E-state index in [1.54, 1.807) is 11.8 Å². The molecule has 0 aromatic heterocycles. The number of hydrogen-bond acceptors (Lipinski definition) is 4. The number of rotatable bonds is 13. The molecule has 1 amide bonds. The fourth-order valence-corrected chi connectivity index (χ4v) is 5.75. The molecule has 2 unspecified atom stereocenters. The molecule has 7 heteroatoms. The number of hydrogen-bond donors (Lipinski definition) is 3. The van der Waals surface area contributed by atoms with Gasteiger partial charge in [-0.3, -0.25) is 4.79 Å². The molecule has 0 saturated heterocycles. The number of thioether (sulfide) groups is 1. The summed E-state index contributed by atoms with van der Waals surface area (Å²) in [7, 11) is 0. The van der Waals surface area contributed by atoms with Gasteiger partial charge in [0.2, 0.25) is 0 Å². The third kappa shape index (κ3) is 9.52. The number of carboxylic acid groups (broad SMARTS) is 1. The Balaban J connectivity index is 0.00000481. The van der Waals surface area contributed by atoms with Crippen molar-refractivity contribution in [1.29, 1.82) is 0 Å². The summed E-state index contributed by atoms with van der Waals surface area (Å²) in [6.45, 7) is 2.17. The summed E-state index contributed by atoms with van der Waals surface area (Å²) >= 11 is 1.56. The Bertz CT molecular complexity index is 1010. The van der Waals surface area contributed by atoms with Gasteiger partial charge in [0.15, 0.2) is 0 Å². The number of aliphatic carboxylic acids is 1. The molecule has 1 saturated carbocycles. The molecule has 2 aromatic rings. The Morgan fingerprint density at radius 1 is 1.05 bits per heavy atom. The van der Waals surface area contributed by atoms with Crippen molar-refractivity contribution in [3.8, 4) is 11.1 Å². The summed E-state index contributed by atoms with van der Waals surface area (Å²) in [6, 6.07) is 12.8. The van der Waals surface area contributed by atoms with Gasteiger partial charge in [-0.15, -0.1) is 0 Å². The second-order valence-corrected chi connectivity index (χ2v) is 11.2. The zero-order chi connectivity index (χ0) is 25.9. The van der Waals surface area contributed by atoms with E-state index in [1.165, 1.54) is 38.5 Å². The molecule has 0 spiro atoms. The van der Waals surface area contributed by atoms with Crippen molar-refractivity contribution < 1.29 is 38.7 Å². The molecule has 0 aliphatic heterocycles. The van der Waals surface area contributed by atoms with Crippen molar-refractivity contribution in [3.63, 3.8) is 0 Å². The Hall–Kier alpha value is -1.71. The third-order valence-electron chi connectivity index (χ3n) is 7.47. The molecular formula is C30H41LiNO4S+. The van der Waals surface area contributed by atoms with Crippen LogP contribution in [0.25, 0.3) is 11.1 Å². The van der Waals surface area contributed by atoms with E-state index in [-0.39, 0.29) is 37.3 Å². The molecule has 1 fully saturated rings. The van der Waals surface area contributed by atoms with Gasteiger partial charge >= 0.3 is 24.8 Å². The molecule has 2 aromatic carbocycles. The van der Waals surface area contributed by atoms with Crippen LogP contribution in [0, 0.1) is 18.8 Å². The minimum atomic E-state index is -1.02. The van der Waals surface area contributed by atoms with Crippen LogP contribution in [-0.4, -0.2) is 46.7 Å². The number of nitrogens with one attached hydrogen (secondary N) is 1. The first-order valence-corrected chi connectivity index (χ1v) is 14.6. The Morgan fingerprint density at radius 2 is 1.78 bits per heavy atom. The Morgan fingerprint density at radius 3 is 2.43 bits per heavy atom. The van der Waals surface area contributed by atoms with E-state index >= 15 is 0 Å². The summed E-state index contributed by atoms with van der Waals surface area (Å²) in [4.78, 5) is 25.0. The van der Waals surface area contributed by atoms with Gasteiger partial charge < -0.3 is 15.5 Å². The van der Waals surface area contributed by atoms with Crippen molar-refractivity contribution in [2.75, 3.05) is 18.6 Å². The summed E-state index contributed by atoms with van der Waals surface area (Å²) in [5.41, 5.74) is 4.39. The van der Waals surface area contributed by atoms with E-state index in [0.717, 1.165) is 41.0 Å². The summed E-state index contributed by atoms with van der Waals surface area (Å²) in [5.74, 6) is 0.248. The van der Waals surface area contributed by atoms with Crippen molar-refractivity contribution >= 4 is 23.6 Å². The van der Waals surface area contributed by atoms with Crippen LogP contribution in [0.15, 0.2) is 42.5 Å².